The first kappa shape index (κ1) is 20.1. The van der Waals surface area contributed by atoms with Crippen LogP contribution in [-0.4, -0.2) is 42.4 Å². The summed E-state index contributed by atoms with van der Waals surface area (Å²) in [4.78, 5) is 12.1. The summed E-state index contributed by atoms with van der Waals surface area (Å²) in [6.07, 6.45) is 2.05. The third-order valence-electron chi connectivity index (χ3n) is 4.26. The second-order valence-electron chi connectivity index (χ2n) is 7.07. The van der Waals surface area contributed by atoms with E-state index >= 15 is 0 Å². The van der Waals surface area contributed by atoms with Gasteiger partial charge in [-0.2, -0.15) is 0 Å². The zero-order valence-corrected chi connectivity index (χ0v) is 15.8. The fourth-order valence-corrected chi connectivity index (χ4v) is 2.82. The molecular weight excluding hydrogens is 332 g/mol. The molecule has 0 radical (unpaired) electrons. The smallest absolute Gasteiger partial charge is 0.193 e. The topological polar surface area (TPSA) is 76.0 Å². The van der Waals surface area contributed by atoms with Crippen LogP contribution in [0.25, 0.3) is 5.76 Å². The van der Waals surface area contributed by atoms with Crippen LogP contribution in [0.4, 0.5) is 0 Å². The number of ketones is 1. The first-order valence-electron chi connectivity index (χ1n) is 8.44. The fourth-order valence-electron chi connectivity index (χ4n) is 2.82. The molecule has 2 atom stereocenters. The monoisotopic (exact) mass is 358 g/mol. The predicted octanol–water partition coefficient (Wildman–Crippen LogP) is 2.85. The Balaban J connectivity index is 0.00000117. The normalized spacial score (nSPS) is 25.3. The quantitative estimate of drug-likeness (QED) is 0.795. The lowest BCUT2D eigenvalue weighted by molar-refractivity contribution is -0.141. The van der Waals surface area contributed by atoms with E-state index in [0.29, 0.717) is 11.3 Å². The largest absolute Gasteiger partial charge is 0.461 e. The van der Waals surface area contributed by atoms with Crippen molar-refractivity contribution in [2.45, 2.75) is 33.0 Å². The Morgan fingerprint density at radius 1 is 1.08 bits per heavy atom. The SMILES string of the molecule is CO.COC1/C(=C2/C=C(c3ccccc3)OC(C(C)(C)C)=C2)C(=O)C1O. The van der Waals surface area contributed by atoms with E-state index in [2.05, 4.69) is 20.8 Å². The Bertz CT molecular complexity index is 750. The highest BCUT2D eigenvalue weighted by Gasteiger charge is 2.46. The first-order valence-corrected chi connectivity index (χ1v) is 8.44. The summed E-state index contributed by atoms with van der Waals surface area (Å²) in [5, 5.41) is 16.8. The number of aliphatic hydroxyl groups excluding tert-OH is 2. The molecule has 1 aliphatic carbocycles. The minimum absolute atomic E-state index is 0.214. The van der Waals surface area contributed by atoms with Gasteiger partial charge in [0.05, 0.1) is 0 Å². The second kappa shape index (κ2) is 7.99. The summed E-state index contributed by atoms with van der Waals surface area (Å²) in [6.45, 7) is 6.17. The van der Waals surface area contributed by atoms with Crippen LogP contribution in [0.1, 0.15) is 26.3 Å². The maximum absolute atomic E-state index is 12.1. The highest BCUT2D eigenvalue weighted by Crippen LogP contribution is 2.39. The van der Waals surface area contributed by atoms with Gasteiger partial charge < -0.3 is 19.7 Å². The van der Waals surface area contributed by atoms with Crippen molar-refractivity contribution in [1.82, 2.24) is 0 Å². The molecule has 140 valence electrons. The summed E-state index contributed by atoms with van der Waals surface area (Å²) in [7, 11) is 2.50. The number of carbonyl (C=O) groups excluding carboxylic acids is 1. The van der Waals surface area contributed by atoms with Crippen molar-refractivity contribution in [2.75, 3.05) is 14.2 Å². The van der Waals surface area contributed by atoms with Gasteiger partial charge in [-0.25, -0.2) is 0 Å². The molecule has 1 fully saturated rings. The lowest BCUT2D eigenvalue weighted by Gasteiger charge is -2.35. The fraction of sp³-hybridized carbons (Fsp3) is 0.381. The molecule has 0 spiro atoms. The number of aliphatic hydroxyl groups is 2. The lowest BCUT2D eigenvalue weighted by atomic mass is 9.78. The van der Waals surface area contributed by atoms with Crippen molar-refractivity contribution < 1.29 is 24.5 Å². The Kier molecular flexibility index (Phi) is 6.18. The molecule has 0 bridgehead atoms. The van der Waals surface area contributed by atoms with Crippen LogP contribution in [0, 0.1) is 5.41 Å². The minimum Gasteiger partial charge on any atom is -0.461 e. The molecule has 0 amide bonds. The third-order valence-corrected chi connectivity index (χ3v) is 4.26. The summed E-state index contributed by atoms with van der Waals surface area (Å²) < 4.78 is 11.4. The number of Topliss-reactive ketones (excluding diaryl/α,β-unsaturated/α-hetero) is 1. The molecule has 3 rings (SSSR count). The van der Waals surface area contributed by atoms with Crippen molar-refractivity contribution in [3.63, 3.8) is 0 Å². The number of carbonyl (C=O) groups is 1. The average molecular weight is 358 g/mol. The van der Waals surface area contributed by atoms with E-state index in [1.165, 1.54) is 7.11 Å². The molecule has 1 aliphatic heterocycles. The van der Waals surface area contributed by atoms with Crippen molar-refractivity contribution in [3.05, 3.63) is 65.0 Å². The Hall–Kier alpha value is -2.21. The number of benzene rings is 1. The van der Waals surface area contributed by atoms with Crippen LogP contribution in [-0.2, 0) is 14.3 Å². The molecule has 5 nitrogen and oxygen atoms in total. The van der Waals surface area contributed by atoms with Crippen LogP contribution < -0.4 is 0 Å². The van der Waals surface area contributed by atoms with E-state index in [1.807, 2.05) is 42.5 Å². The summed E-state index contributed by atoms with van der Waals surface area (Å²) in [5.74, 6) is 1.18. The Morgan fingerprint density at radius 3 is 2.23 bits per heavy atom. The van der Waals surface area contributed by atoms with E-state index in [-0.39, 0.29) is 11.2 Å². The number of rotatable bonds is 2. The molecule has 0 aromatic heterocycles. The van der Waals surface area contributed by atoms with Crippen LogP contribution in [0.5, 0.6) is 0 Å². The maximum atomic E-state index is 12.1. The van der Waals surface area contributed by atoms with Crippen molar-refractivity contribution in [1.29, 1.82) is 0 Å². The van der Waals surface area contributed by atoms with Gasteiger partial charge in [-0.1, -0.05) is 51.1 Å². The van der Waals surface area contributed by atoms with Gasteiger partial charge in [0, 0.05) is 30.8 Å². The minimum atomic E-state index is -1.08. The predicted molar refractivity (Wildman–Crippen MR) is 100 cm³/mol. The van der Waals surface area contributed by atoms with Gasteiger partial charge in [0.15, 0.2) is 5.78 Å². The van der Waals surface area contributed by atoms with E-state index < -0.39 is 12.2 Å². The van der Waals surface area contributed by atoms with Gasteiger partial charge >= 0.3 is 0 Å². The third kappa shape index (κ3) is 3.80. The lowest BCUT2D eigenvalue weighted by Crippen LogP contribution is -2.51. The summed E-state index contributed by atoms with van der Waals surface area (Å²) in [6, 6.07) is 9.75. The molecule has 2 N–H and O–H groups in total. The standard InChI is InChI=1S/C20H22O4.CH4O/c1-20(2,3)15-11-13(16-17(21)18(22)19(16)23-4)10-14(24-15)12-8-6-5-7-9-12;1-2/h5-11,18-19,22H,1-4H3;2H,1H3/b16-13-;. The van der Waals surface area contributed by atoms with Gasteiger partial charge in [0.1, 0.15) is 23.7 Å². The van der Waals surface area contributed by atoms with Gasteiger partial charge in [-0.05, 0) is 17.7 Å². The Morgan fingerprint density at radius 2 is 1.69 bits per heavy atom. The molecule has 0 saturated heterocycles. The molecule has 2 unspecified atom stereocenters. The average Bonchev–Trinajstić information content (AvgIpc) is 2.66. The van der Waals surface area contributed by atoms with Crippen molar-refractivity contribution in [2.24, 2.45) is 5.41 Å². The first-order chi connectivity index (χ1) is 12.3. The molecule has 26 heavy (non-hydrogen) atoms. The summed E-state index contributed by atoms with van der Waals surface area (Å²) >= 11 is 0. The molecule has 1 aromatic carbocycles. The zero-order chi connectivity index (χ0) is 19.5. The molecule has 5 heteroatoms. The highest BCUT2D eigenvalue weighted by molar-refractivity contribution is 6.09. The van der Waals surface area contributed by atoms with E-state index in [9.17, 15) is 9.90 Å². The van der Waals surface area contributed by atoms with Crippen LogP contribution in [0.3, 0.4) is 0 Å². The molecule has 1 heterocycles. The number of hydrogen-bond donors (Lipinski definition) is 2. The van der Waals surface area contributed by atoms with Crippen LogP contribution in [0.2, 0.25) is 0 Å². The highest BCUT2D eigenvalue weighted by atomic mass is 16.5. The molecule has 2 aliphatic rings. The van der Waals surface area contributed by atoms with E-state index in [4.69, 9.17) is 14.6 Å². The Labute approximate surface area is 154 Å². The number of ether oxygens (including phenoxy) is 2. The second-order valence-corrected chi connectivity index (χ2v) is 7.07. The van der Waals surface area contributed by atoms with Crippen LogP contribution >= 0.6 is 0 Å². The molecule has 1 aromatic rings. The van der Waals surface area contributed by atoms with Gasteiger partial charge in [0.25, 0.3) is 0 Å². The molecular formula is C21H26O5. The van der Waals surface area contributed by atoms with E-state index in [0.717, 1.165) is 24.0 Å². The van der Waals surface area contributed by atoms with Crippen molar-refractivity contribution in [3.8, 4) is 0 Å². The van der Waals surface area contributed by atoms with E-state index in [1.54, 1.807) is 0 Å². The van der Waals surface area contributed by atoms with Gasteiger partial charge in [0.2, 0.25) is 0 Å². The van der Waals surface area contributed by atoms with Gasteiger partial charge in [-0.15, -0.1) is 0 Å². The summed E-state index contributed by atoms with van der Waals surface area (Å²) in [5.41, 5.74) is 1.97. The van der Waals surface area contributed by atoms with Crippen molar-refractivity contribution >= 4 is 11.5 Å². The molecule has 1 saturated carbocycles. The maximum Gasteiger partial charge on any atom is 0.193 e. The zero-order valence-electron chi connectivity index (χ0n) is 15.8. The van der Waals surface area contributed by atoms with Gasteiger partial charge in [-0.3, -0.25) is 4.79 Å². The number of methoxy groups -OCH3 is 1. The number of hydrogen-bond acceptors (Lipinski definition) is 5. The number of allylic oxidation sites excluding steroid dienone is 4. The van der Waals surface area contributed by atoms with Crippen LogP contribution in [0.15, 0.2) is 59.4 Å².